The quantitative estimate of drug-likeness (QED) is 0.395. The van der Waals surface area contributed by atoms with Crippen LogP contribution in [0.15, 0.2) is 34.4 Å². The van der Waals surface area contributed by atoms with Gasteiger partial charge < -0.3 is 4.84 Å². The van der Waals surface area contributed by atoms with E-state index < -0.39 is 0 Å². The number of isocyanates is 2. The summed E-state index contributed by atoms with van der Waals surface area (Å²) in [5.41, 5.74) is 0.383. The first-order valence-corrected chi connectivity index (χ1v) is 3.29. The zero-order chi connectivity index (χ0) is 9.52. The van der Waals surface area contributed by atoms with Crippen molar-refractivity contribution in [2.45, 2.75) is 0 Å². The monoisotopic (exact) mass is 176 g/mol. The van der Waals surface area contributed by atoms with Crippen molar-refractivity contribution in [3.8, 4) is 5.75 Å². The molecule has 0 aromatic heterocycles. The zero-order valence-corrected chi connectivity index (χ0v) is 6.43. The average molecular weight is 176 g/mol. The van der Waals surface area contributed by atoms with Crippen molar-refractivity contribution in [2.75, 3.05) is 0 Å². The minimum Gasteiger partial charge on any atom is -0.346 e. The van der Waals surface area contributed by atoms with Gasteiger partial charge in [0.05, 0.1) is 5.69 Å². The third kappa shape index (κ3) is 2.71. The molecule has 5 heteroatoms. The van der Waals surface area contributed by atoms with Gasteiger partial charge in [-0.05, 0) is 12.1 Å². The first-order valence-electron chi connectivity index (χ1n) is 3.29. The van der Waals surface area contributed by atoms with E-state index in [1.54, 1.807) is 18.2 Å². The highest BCUT2D eigenvalue weighted by molar-refractivity contribution is 5.51. The predicted molar refractivity (Wildman–Crippen MR) is 43.0 cm³/mol. The molecular formula is C8H4N2O3. The second-order valence-corrected chi connectivity index (χ2v) is 1.97. The molecule has 0 atom stereocenters. The number of benzene rings is 1. The van der Waals surface area contributed by atoms with Crippen LogP contribution in [0.5, 0.6) is 5.75 Å². The van der Waals surface area contributed by atoms with Crippen LogP contribution in [0.1, 0.15) is 0 Å². The normalized spacial score (nSPS) is 8.00. The van der Waals surface area contributed by atoms with Crippen molar-refractivity contribution in [3.05, 3.63) is 24.3 Å². The van der Waals surface area contributed by atoms with Crippen LogP contribution in [0, 0.1) is 0 Å². The summed E-state index contributed by atoms with van der Waals surface area (Å²) in [5.74, 6) is 0.305. The molecule has 0 spiro atoms. The van der Waals surface area contributed by atoms with Crippen LogP contribution in [0.25, 0.3) is 0 Å². The Labute approximate surface area is 73.3 Å². The van der Waals surface area contributed by atoms with Crippen molar-refractivity contribution in [1.29, 1.82) is 0 Å². The van der Waals surface area contributed by atoms with E-state index >= 15 is 0 Å². The van der Waals surface area contributed by atoms with E-state index in [4.69, 9.17) is 0 Å². The van der Waals surface area contributed by atoms with Gasteiger partial charge in [-0.2, -0.15) is 4.99 Å². The summed E-state index contributed by atoms with van der Waals surface area (Å²) in [6, 6.07) is 6.19. The maximum absolute atomic E-state index is 9.88. The molecule has 0 aliphatic carbocycles. The standard InChI is InChI=1S/C8H4N2O3/c11-5-9-7-2-1-3-8(4-7)13-10-6-12/h1-4H. The van der Waals surface area contributed by atoms with Crippen molar-refractivity contribution in [2.24, 2.45) is 10.1 Å². The topological polar surface area (TPSA) is 68.1 Å². The Morgan fingerprint density at radius 1 is 1.23 bits per heavy atom. The van der Waals surface area contributed by atoms with Crippen molar-refractivity contribution >= 4 is 17.8 Å². The fourth-order valence-corrected chi connectivity index (χ4v) is 0.734. The predicted octanol–water partition coefficient (Wildman–Crippen LogP) is 1.28. The summed E-state index contributed by atoms with van der Waals surface area (Å²) in [6.45, 7) is 0. The van der Waals surface area contributed by atoms with Crippen LogP contribution >= 0.6 is 0 Å². The highest BCUT2D eigenvalue weighted by Crippen LogP contribution is 2.19. The fraction of sp³-hybridized carbons (Fsp3) is 0. The first-order chi connectivity index (χ1) is 6.36. The van der Waals surface area contributed by atoms with Crippen molar-refractivity contribution in [1.82, 2.24) is 0 Å². The summed E-state index contributed by atoms with van der Waals surface area (Å²) >= 11 is 0. The molecule has 0 aliphatic rings. The maximum Gasteiger partial charge on any atom is 0.277 e. The van der Waals surface area contributed by atoms with Crippen LogP contribution in [0.3, 0.4) is 0 Å². The highest BCUT2D eigenvalue weighted by Gasteiger charge is 1.94. The molecule has 0 saturated carbocycles. The van der Waals surface area contributed by atoms with E-state index in [1.807, 2.05) is 0 Å². The molecule has 1 aromatic rings. The largest absolute Gasteiger partial charge is 0.346 e. The van der Waals surface area contributed by atoms with Gasteiger partial charge in [0.2, 0.25) is 6.08 Å². The van der Waals surface area contributed by atoms with Crippen LogP contribution in [0.2, 0.25) is 0 Å². The Bertz CT molecular complexity index is 390. The molecule has 1 rings (SSSR count). The van der Waals surface area contributed by atoms with E-state index in [1.165, 1.54) is 18.2 Å². The Kier molecular flexibility index (Phi) is 3.15. The van der Waals surface area contributed by atoms with Gasteiger partial charge in [-0.15, -0.1) is 0 Å². The van der Waals surface area contributed by atoms with Crippen LogP contribution in [-0.4, -0.2) is 12.2 Å². The van der Waals surface area contributed by atoms with Crippen molar-refractivity contribution in [3.63, 3.8) is 0 Å². The summed E-state index contributed by atoms with van der Waals surface area (Å²) < 4.78 is 0. The van der Waals surface area contributed by atoms with Gasteiger partial charge in [0, 0.05) is 11.2 Å². The highest BCUT2D eigenvalue weighted by atomic mass is 16.6. The summed E-state index contributed by atoms with van der Waals surface area (Å²) in [6.07, 6.45) is 2.59. The summed E-state index contributed by atoms with van der Waals surface area (Å²) in [7, 11) is 0. The van der Waals surface area contributed by atoms with Gasteiger partial charge >= 0.3 is 0 Å². The fourth-order valence-electron chi connectivity index (χ4n) is 0.734. The Hall–Kier alpha value is -2.22. The van der Waals surface area contributed by atoms with Gasteiger partial charge in [0.15, 0.2) is 5.75 Å². The second-order valence-electron chi connectivity index (χ2n) is 1.97. The lowest BCUT2D eigenvalue weighted by molar-refractivity contribution is 0.337. The molecule has 13 heavy (non-hydrogen) atoms. The molecule has 0 heterocycles. The Balaban J connectivity index is 2.90. The molecular weight excluding hydrogens is 172 g/mol. The number of nitrogens with zero attached hydrogens (tertiary/aromatic N) is 2. The first kappa shape index (κ1) is 8.87. The number of hydrogen-bond donors (Lipinski definition) is 0. The average Bonchev–Trinajstić information content (AvgIpc) is 2.16. The SMILES string of the molecule is O=C=NOc1cccc(N=C=O)c1. The Morgan fingerprint density at radius 2 is 2.08 bits per heavy atom. The molecule has 0 saturated heterocycles. The van der Waals surface area contributed by atoms with E-state index in [9.17, 15) is 9.59 Å². The lowest BCUT2D eigenvalue weighted by Gasteiger charge is -1.95. The lowest BCUT2D eigenvalue weighted by atomic mass is 10.3. The smallest absolute Gasteiger partial charge is 0.277 e. The molecule has 0 bridgehead atoms. The minimum atomic E-state index is 0.305. The van der Waals surface area contributed by atoms with E-state index in [-0.39, 0.29) is 0 Å². The summed E-state index contributed by atoms with van der Waals surface area (Å²) in [4.78, 5) is 27.5. The summed E-state index contributed by atoms with van der Waals surface area (Å²) in [5, 5.41) is 2.90. The number of hydrogen-bond acceptors (Lipinski definition) is 5. The van der Waals surface area contributed by atoms with E-state index in [2.05, 4.69) is 15.0 Å². The lowest BCUT2D eigenvalue weighted by Crippen LogP contribution is -1.80. The molecule has 0 N–H and O–H groups in total. The van der Waals surface area contributed by atoms with Crippen LogP contribution < -0.4 is 4.84 Å². The Morgan fingerprint density at radius 3 is 2.77 bits per heavy atom. The van der Waals surface area contributed by atoms with Gasteiger partial charge in [-0.25, -0.2) is 9.59 Å². The van der Waals surface area contributed by atoms with E-state index in [0.29, 0.717) is 11.4 Å². The maximum atomic E-state index is 9.88. The molecule has 5 nitrogen and oxygen atoms in total. The van der Waals surface area contributed by atoms with E-state index in [0.717, 1.165) is 0 Å². The molecule has 0 unspecified atom stereocenters. The molecule has 0 radical (unpaired) electrons. The number of rotatable bonds is 3. The van der Waals surface area contributed by atoms with Gasteiger partial charge in [0.1, 0.15) is 0 Å². The third-order valence-corrected chi connectivity index (χ3v) is 1.18. The molecule has 0 fully saturated rings. The molecule has 0 aliphatic heterocycles. The van der Waals surface area contributed by atoms with Gasteiger partial charge in [0.25, 0.3) is 6.08 Å². The zero-order valence-electron chi connectivity index (χ0n) is 6.43. The second kappa shape index (κ2) is 4.62. The molecule has 1 aromatic carbocycles. The van der Waals surface area contributed by atoms with Gasteiger partial charge in [-0.3, -0.25) is 0 Å². The van der Waals surface area contributed by atoms with Crippen molar-refractivity contribution < 1.29 is 14.4 Å². The minimum absolute atomic E-state index is 0.305. The molecule has 0 amide bonds. The van der Waals surface area contributed by atoms with Gasteiger partial charge in [-0.1, -0.05) is 6.07 Å². The number of carbonyl (C=O) groups excluding carboxylic acids is 2. The van der Waals surface area contributed by atoms with Crippen LogP contribution in [-0.2, 0) is 9.59 Å². The number of aliphatic imine (C=N–C) groups is 1. The molecule has 64 valence electrons. The van der Waals surface area contributed by atoms with Crippen LogP contribution in [0.4, 0.5) is 5.69 Å². The third-order valence-electron chi connectivity index (χ3n) is 1.18.